The lowest BCUT2D eigenvalue weighted by Crippen LogP contribution is -2.34. The molecule has 2 amide bonds. The number of hydrogen-bond acceptors (Lipinski definition) is 4. The fraction of sp³-hybridized carbons (Fsp3) is 0.250. The summed E-state index contributed by atoms with van der Waals surface area (Å²) in [5, 5.41) is 0.183. The van der Waals surface area contributed by atoms with Crippen LogP contribution in [0.3, 0.4) is 0 Å². The van der Waals surface area contributed by atoms with Crippen molar-refractivity contribution in [3.8, 4) is 0 Å². The molecule has 0 spiro atoms. The Balaban J connectivity index is 3.12. The third-order valence-corrected chi connectivity index (χ3v) is 1.65. The van der Waals surface area contributed by atoms with Crippen LogP contribution in [0.5, 0.6) is 0 Å². The molecule has 6 heteroatoms. The molecule has 0 aliphatic rings. The van der Waals surface area contributed by atoms with E-state index in [9.17, 15) is 9.59 Å². The molecule has 14 heavy (non-hydrogen) atoms. The van der Waals surface area contributed by atoms with Crippen molar-refractivity contribution in [1.29, 1.82) is 0 Å². The lowest BCUT2D eigenvalue weighted by Gasteiger charge is -2.13. The van der Waals surface area contributed by atoms with Crippen molar-refractivity contribution in [2.75, 3.05) is 4.90 Å². The first kappa shape index (κ1) is 10.6. The lowest BCUT2D eigenvalue weighted by atomic mass is 10.5. The number of halogens is 1. The quantitative estimate of drug-likeness (QED) is 0.654. The Morgan fingerprint density at radius 3 is 2.36 bits per heavy atom. The minimum absolute atomic E-state index is 0.00231. The van der Waals surface area contributed by atoms with E-state index < -0.39 is 11.8 Å². The van der Waals surface area contributed by atoms with E-state index in [0.717, 1.165) is 4.90 Å². The average molecular weight is 214 g/mol. The van der Waals surface area contributed by atoms with Crippen LogP contribution in [0.1, 0.15) is 13.8 Å². The van der Waals surface area contributed by atoms with Crippen molar-refractivity contribution in [2.24, 2.45) is 0 Å². The zero-order valence-electron chi connectivity index (χ0n) is 7.69. The minimum atomic E-state index is -0.445. The van der Waals surface area contributed by atoms with E-state index in [1.165, 1.54) is 26.1 Å². The van der Waals surface area contributed by atoms with Crippen LogP contribution in [-0.4, -0.2) is 21.8 Å². The first-order valence-electron chi connectivity index (χ1n) is 3.82. The monoisotopic (exact) mass is 213 g/mol. The minimum Gasteiger partial charge on any atom is -0.274 e. The van der Waals surface area contributed by atoms with E-state index in [2.05, 4.69) is 9.97 Å². The SMILES string of the molecule is CC(=O)N(C(C)=O)c1nccc(Cl)n1. The van der Waals surface area contributed by atoms with Gasteiger partial charge in [0.1, 0.15) is 5.15 Å². The molecule has 0 aliphatic carbocycles. The first-order valence-corrected chi connectivity index (χ1v) is 4.20. The van der Waals surface area contributed by atoms with Crippen LogP contribution < -0.4 is 4.90 Å². The van der Waals surface area contributed by atoms with Crippen LogP contribution in [0.15, 0.2) is 12.3 Å². The molecule has 5 nitrogen and oxygen atoms in total. The smallest absolute Gasteiger partial charge is 0.240 e. The molecule has 1 heterocycles. The zero-order chi connectivity index (χ0) is 10.7. The van der Waals surface area contributed by atoms with E-state index in [1.54, 1.807) is 0 Å². The second-order valence-corrected chi connectivity index (χ2v) is 2.94. The molecule has 0 saturated heterocycles. The molecule has 0 N–H and O–H groups in total. The molecule has 0 unspecified atom stereocenters. The number of rotatable bonds is 1. The standard InChI is InChI=1S/C8H8ClN3O2/c1-5(13)12(6(2)14)8-10-4-3-7(9)11-8/h3-4H,1-2H3. The van der Waals surface area contributed by atoms with Gasteiger partial charge in [0.25, 0.3) is 0 Å². The third kappa shape index (κ3) is 2.26. The number of hydrogen-bond donors (Lipinski definition) is 0. The summed E-state index contributed by atoms with van der Waals surface area (Å²) in [5.41, 5.74) is 0. The number of carbonyl (C=O) groups excluding carboxylic acids is 2. The molecule has 0 aliphatic heterocycles. The molecule has 0 fully saturated rings. The van der Waals surface area contributed by atoms with E-state index in [4.69, 9.17) is 11.6 Å². The predicted molar refractivity (Wildman–Crippen MR) is 50.9 cm³/mol. The van der Waals surface area contributed by atoms with Crippen molar-refractivity contribution in [1.82, 2.24) is 9.97 Å². The molecular formula is C8H8ClN3O2. The highest BCUT2D eigenvalue weighted by Gasteiger charge is 2.18. The van der Waals surface area contributed by atoms with Gasteiger partial charge in [-0.2, -0.15) is 0 Å². The van der Waals surface area contributed by atoms with Gasteiger partial charge in [-0.25, -0.2) is 14.9 Å². The molecule has 1 rings (SSSR count). The summed E-state index contributed by atoms with van der Waals surface area (Å²) in [6.07, 6.45) is 1.38. The molecule has 0 saturated carbocycles. The molecule has 0 bridgehead atoms. The Labute approximate surface area is 85.7 Å². The highest BCUT2D eigenvalue weighted by molar-refractivity contribution is 6.29. The van der Waals surface area contributed by atoms with Gasteiger partial charge in [0, 0.05) is 20.0 Å². The van der Waals surface area contributed by atoms with Gasteiger partial charge in [0.2, 0.25) is 17.8 Å². The predicted octanol–water partition coefficient (Wildman–Crippen LogP) is 1.03. The molecule has 0 radical (unpaired) electrons. The lowest BCUT2D eigenvalue weighted by molar-refractivity contribution is -0.124. The van der Waals surface area contributed by atoms with E-state index in [0.29, 0.717) is 0 Å². The molecule has 1 aromatic heterocycles. The maximum Gasteiger partial charge on any atom is 0.240 e. The Morgan fingerprint density at radius 1 is 1.36 bits per heavy atom. The second kappa shape index (κ2) is 4.15. The van der Waals surface area contributed by atoms with Gasteiger partial charge < -0.3 is 0 Å². The number of aromatic nitrogens is 2. The zero-order valence-corrected chi connectivity index (χ0v) is 8.45. The summed E-state index contributed by atoms with van der Waals surface area (Å²) in [6.45, 7) is 2.51. The highest BCUT2D eigenvalue weighted by atomic mass is 35.5. The van der Waals surface area contributed by atoms with Gasteiger partial charge in [-0.05, 0) is 6.07 Å². The fourth-order valence-corrected chi connectivity index (χ4v) is 1.07. The van der Waals surface area contributed by atoms with Crippen molar-refractivity contribution in [2.45, 2.75) is 13.8 Å². The first-order chi connectivity index (χ1) is 6.52. The molecule has 74 valence electrons. The molecular weight excluding hydrogens is 206 g/mol. The van der Waals surface area contributed by atoms with Crippen LogP contribution in [0.2, 0.25) is 5.15 Å². The summed E-state index contributed by atoms with van der Waals surface area (Å²) < 4.78 is 0. The number of imide groups is 1. The van der Waals surface area contributed by atoms with E-state index in [-0.39, 0.29) is 11.1 Å². The van der Waals surface area contributed by atoms with Crippen molar-refractivity contribution in [3.63, 3.8) is 0 Å². The van der Waals surface area contributed by atoms with Crippen molar-refractivity contribution in [3.05, 3.63) is 17.4 Å². The summed E-state index contributed by atoms with van der Waals surface area (Å²) in [7, 11) is 0. The van der Waals surface area contributed by atoms with Crippen molar-refractivity contribution < 1.29 is 9.59 Å². The number of amides is 2. The van der Waals surface area contributed by atoms with Crippen LogP contribution in [-0.2, 0) is 9.59 Å². The van der Waals surface area contributed by atoms with Gasteiger partial charge in [-0.3, -0.25) is 9.59 Å². The summed E-state index contributed by atoms with van der Waals surface area (Å²) >= 11 is 5.60. The number of carbonyl (C=O) groups is 2. The van der Waals surface area contributed by atoms with E-state index in [1.807, 2.05) is 0 Å². The number of anilines is 1. The third-order valence-electron chi connectivity index (χ3n) is 1.44. The highest BCUT2D eigenvalue weighted by Crippen LogP contribution is 2.11. The summed E-state index contributed by atoms with van der Waals surface area (Å²) in [5.74, 6) is -0.892. The second-order valence-electron chi connectivity index (χ2n) is 2.55. The Bertz CT molecular complexity index is 367. The molecule has 0 aromatic carbocycles. The largest absolute Gasteiger partial charge is 0.274 e. The van der Waals surface area contributed by atoms with E-state index >= 15 is 0 Å². The Morgan fingerprint density at radius 2 is 1.93 bits per heavy atom. The van der Waals surface area contributed by atoms with Gasteiger partial charge in [0.15, 0.2) is 0 Å². The van der Waals surface area contributed by atoms with Gasteiger partial charge in [-0.15, -0.1) is 0 Å². The van der Waals surface area contributed by atoms with Crippen LogP contribution in [0, 0.1) is 0 Å². The molecule has 0 atom stereocenters. The summed E-state index contributed by atoms with van der Waals surface area (Å²) in [6, 6.07) is 1.46. The fourth-order valence-electron chi connectivity index (χ4n) is 0.938. The van der Waals surface area contributed by atoms with Crippen molar-refractivity contribution >= 4 is 29.4 Å². The maximum atomic E-state index is 11.1. The Kier molecular flexibility index (Phi) is 3.14. The molecule has 1 aromatic rings. The maximum absolute atomic E-state index is 11.1. The average Bonchev–Trinajstić information content (AvgIpc) is 2.02. The number of nitrogens with zero attached hydrogens (tertiary/aromatic N) is 3. The Hall–Kier alpha value is -1.49. The van der Waals surface area contributed by atoms with Gasteiger partial charge >= 0.3 is 0 Å². The van der Waals surface area contributed by atoms with Crippen LogP contribution in [0.25, 0.3) is 0 Å². The van der Waals surface area contributed by atoms with Crippen LogP contribution >= 0.6 is 11.6 Å². The van der Waals surface area contributed by atoms with Crippen LogP contribution in [0.4, 0.5) is 5.95 Å². The normalized spacial score (nSPS) is 9.64. The van der Waals surface area contributed by atoms with Gasteiger partial charge in [0.05, 0.1) is 0 Å². The topological polar surface area (TPSA) is 63.2 Å². The van der Waals surface area contributed by atoms with Gasteiger partial charge in [-0.1, -0.05) is 11.6 Å². The summed E-state index contributed by atoms with van der Waals surface area (Å²) in [4.78, 5) is 30.5.